The van der Waals surface area contributed by atoms with Crippen molar-refractivity contribution < 1.29 is 5.03 Å². The van der Waals surface area contributed by atoms with Crippen molar-refractivity contribution in [1.82, 2.24) is 0 Å². The normalized spacial score (nSPS) is 44.6. The Labute approximate surface area is 190 Å². The van der Waals surface area contributed by atoms with Crippen molar-refractivity contribution >= 4 is 5.71 Å². The molecule has 0 aliphatic heterocycles. The van der Waals surface area contributed by atoms with E-state index in [0.717, 1.165) is 29.9 Å². The molecule has 0 aromatic rings. The maximum atomic E-state index is 11.5. The molecule has 8 atom stereocenters. The monoisotopic (exact) mass is 430 g/mol. The number of hydrogen-bond donors (Lipinski definition) is 0. The molecule has 4 saturated carbocycles. The molecule has 0 amide bonds. The number of rotatable bonds is 6. The fourth-order valence-corrected chi connectivity index (χ4v) is 9.22. The van der Waals surface area contributed by atoms with Gasteiger partial charge >= 0.3 is 0 Å². The Balaban J connectivity index is 1.60. The number of nitro groups is 1. The highest BCUT2D eigenvalue weighted by molar-refractivity contribution is 5.88. The van der Waals surface area contributed by atoms with Crippen LogP contribution in [0.1, 0.15) is 112 Å². The molecule has 0 radical (unpaired) electrons. The average Bonchev–Trinajstić information content (AvgIpc) is 3.04. The maximum Gasteiger partial charge on any atom is 0.190 e. The third kappa shape index (κ3) is 4.10. The van der Waals surface area contributed by atoms with Gasteiger partial charge in [-0.2, -0.15) is 0 Å². The van der Waals surface area contributed by atoms with Crippen LogP contribution in [0.2, 0.25) is 0 Å². The van der Waals surface area contributed by atoms with Crippen LogP contribution in [0.5, 0.6) is 0 Å². The number of nitrogens with zero attached hydrogens (tertiary/aromatic N) is 2. The summed E-state index contributed by atoms with van der Waals surface area (Å²) in [6.45, 7) is 12.3. The highest BCUT2D eigenvalue weighted by Gasteiger charge is 2.62. The average molecular weight is 431 g/mol. The SMILES string of the molecule is CC(C)CCC[C@@H](C)[C@H]1CC[C@H]2[C@@H]3/C(=N/[N+](=O)[O-])C[C@H]4CCCC[C@]4(C)[C@H]3CC[C@]12C. The minimum absolute atomic E-state index is 0.341. The minimum Gasteiger partial charge on any atom is -0.233 e. The van der Waals surface area contributed by atoms with Gasteiger partial charge in [-0.15, -0.1) is 0 Å². The zero-order valence-corrected chi connectivity index (χ0v) is 20.7. The Morgan fingerprint density at radius 3 is 2.45 bits per heavy atom. The molecule has 4 nitrogen and oxygen atoms in total. The summed E-state index contributed by atoms with van der Waals surface area (Å²) in [5, 5.41) is 15.2. The third-order valence-corrected chi connectivity index (χ3v) is 10.8. The predicted molar refractivity (Wildman–Crippen MR) is 127 cm³/mol. The Bertz CT molecular complexity index is 703. The van der Waals surface area contributed by atoms with E-state index in [0.29, 0.717) is 34.5 Å². The first kappa shape index (κ1) is 23.2. The summed E-state index contributed by atoms with van der Waals surface area (Å²) >= 11 is 0. The Kier molecular flexibility index (Phi) is 6.58. The Morgan fingerprint density at radius 1 is 1.00 bits per heavy atom. The van der Waals surface area contributed by atoms with Crippen LogP contribution in [0.15, 0.2) is 5.10 Å². The maximum absolute atomic E-state index is 11.5. The lowest BCUT2D eigenvalue weighted by Crippen LogP contribution is -2.56. The van der Waals surface area contributed by atoms with Gasteiger partial charge in [0.05, 0.1) is 10.8 Å². The fourth-order valence-electron chi connectivity index (χ4n) is 9.22. The molecule has 4 fully saturated rings. The van der Waals surface area contributed by atoms with E-state index in [-0.39, 0.29) is 5.03 Å². The van der Waals surface area contributed by atoms with Gasteiger partial charge in [-0.05, 0) is 91.3 Å². The smallest absolute Gasteiger partial charge is 0.190 e. The van der Waals surface area contributed by atoms with Gasteiger partial charge in [0.1, 0.15) is 0 Å². The van der Waals surface area contributed by atoms with Crippen molar-refractivity contribution in [3.63, 3.8) is 0 Å². The topological polar surface area (TPSA) is 55.5 Å². The zero-order chi connectivity index (χ0) is 22.4. The van der Waals surface area contributed by atoms with Crippen molar-refractivity contribution in [3.05, 3.63) is 10.1 Å². The first-order valence-corrected chi connectivity index (χ1v) is 13.4. The van der Waals surface area contributed by atoms with Gasteiger partial charge in [-0.3, -0.25) is 0 Å². The molecule has 176 valence electrons. The van der Waals surface area contributed by atoms with E-state index in [1.807, 2.05) is 0 Å². The van der Waals surface area contributed by atoms with Crippen LogP contribution in [-0.2, 0) is 0 Å². The molecule has 0 bridgehead atoms. The largest absolute Gasteiger partial charge is 0.233 e. The van der Waals surface area contributed by atoms with Gasteiger partial charge in [-0.25, -0.2) is 10.1 Å². The van der Waals surface area contributed by atoms with E-state index in [2.05, 4.69) is 39.7 Å². The summed E-state index contributed by atoms with van der Waals surface area (Å²) in [7, 11) is 0. The fraction of sp³-hybridized carbons (Fsp3) is 0.963. The Hall–Kier alpha value is -0.930. The summed E-state index contributed by atoms with van der Waals surface area (Å²) in [6.07, 6.45) is 15.3. The molecule has 4 heteroatoms. The summed E-state index contributed by atoms with van der Waals surface area (Å²) in [5.74, 6) is 4.51. The summed E-state index contributed by atoms with van der Waals surface area (Å²) < 4.78 is 0. The molecular formula is C27H46N2O2. The predicted octanol–water partition coefficient (Wildman–Crippen LogP) is 7.74. The van der Waals surface area contributed by atoms with E-state index in [1.165, 1.54) is 70.6 Å². The molecule has 31 heavy (non-hydrogen) atoms. The number of hydrogen-bond acceptors (Lipinski definition) is 2. The molecule has 0 saturated heterocycles. The van der Waals surface area contributed by atoms with E-state index >= 15 is 0 Å². The van der Waals surface area contributed by atoms with E-state index in [1.54, 1.807) is 0 Å². The molecule has 0 spiro atoms. The third-order valence-electron chi connectivity index (χ3n) is 10.8. The van der Waals surface area contributed by atoms with E-state index in [4.69, 9.17) is 0 Å². The molecule has 4 aliphatic carbocycles. The van der Waals surface area contributed by atoms with Crippen LogP contribution in [0.3, 0.4) is 0 Å². The highest BCUT2D eigenvalue weighted by atomic mass is 16.7. The molecular weight excluding hydrogens is 384 g/mol. The molecule has 0 N–H and O–H groups in total. The van der Waals surface area contributed by atoms with Crippen molar-refractivity contribution in [3.8, 4) is 0 Å². The first-order valence-electron chi connectivity index (χ1n) is 13.4. The minimum atomic E-state index is -0.384. The van der Waals surface area contributed by atoms with Crippen molar-refractivity contribution in [1.29, 1.82) is 0 Å². The van der Waals surface area contributed by atoms with Gasteiger partial charge in [0, 0.05) is 5.92 Å². The van der Waals surface area contributed by atoms with Gasteiger partial charge < -0.3 is 0 Å². The van der Waals surface area contributed by atoms with Crippen LogP contribution >= 0.6 is 0 Å². The quantitative estimate of drug-likeness (QED) is 0.319. The van der Waals surface area contributed by atoms with Crippen LogP contribution in [-0.4, -0.2) is 10.7 Å². The molecule has 0 unspecified atom stereocenters. The molecule has 0 heterocycles. The summed E-state index contributed by atoms with van der Waals surface area (Å²) in [5.41, 5.74) is 1.69. The summed E-state index contributed by atoms with van der Waals surface area (Å²) in [4.78, 5) is 11.5. The lowest BCUT2D eigenvalue weighted by Gasteiger charge is -2.60. The van der Waals surface area contributed by atoms with E-state index < -0.39 is 0 Å². The highest BCUT2D eigenvalue weighted by Crippen LogP contribution is 2.67. The van der Waals surface area contributed by atoms with E-state index in [9.17, 15) is 10.1 Å². The lowest BCUT2D eigenvalue weighted by atomic mass is 9.44. The standard InChI is InChI=1S/C27H46N2O2/c1-18(2)9-8-10-19(3)21-12-13-22-25-23(14-16-27(21,22)5)26(4)15-7-6-11-20(26)17-24(25)28-29(30)31/h18-23,25H,6-17H2,1-5H3/b28-24+/t19-,20-,21-,22+,23+,25+,26+,27-/m1/s1. The lowest BCUT2D eigenvalue weighted by molar-refractivity contribution is -0.485. The number of hydrazone groups is 1. The molecule has 4 aliphatic rings. The first-order chi connectivity index (χ1) is 14.7. The van der Waals surface area contributed by atoms with Gasteiger partial charge in [-0.1, -0.05) is 66.7 Å². The molecule has 0 aromatic heterocycles. The van der Waals surface area contributed by atoms with Crippen molar-refractivity contribution in [2.24, 2.45) is 57.4 Å². The van der Waals surface area contributed by atoms with Crippen molar-refractivity contribution in [2.45, 2.75) is 112 Å². The van der Waals surface area contributed by atoms with Crippen LogP contribution in [0, 0.1) is 62.4 Å². The zero-order valence-electron chi connectivity index (χ0n) is 20.7. The van der Waals surface area contributed by atoms with Crippen LogP contribution in [0.4, 0.5) is 0 Å². The summed E-state index contributed by atoms with van der Waals surface area (Å²) in [6, 6.07) is 0. The van der Waals surface area contributed by atoms with Gasteiger partial charge in [0.25, 0.3) is 0 Å². The van der Waals surface area contributed by atoms with Crippen LogP contribution in [0.25, 0.3) is 0 Å². The molecule has 4 rings (SSSR count). The van der Waals surface area contributed by atoms with Gasteiger partial charge in [0.2, 0.25) is 0 Å². The number of fused-ring (bicyclic) bond motifs is 5. The second-order valence-corrected chi connectivity index (χ2v) is 12.8. The van der Waals surface area contributed by atoms with Crippen molar-refractivity contribution in [2.75, 3.05) is 0 Å². The van der Waals surface area contributed by atoms with Gasteiger partial charge in [0.15, 0.2) is 5.03 Å². The Morgan fingerprint density at radius 2 is 1.74 bits per heavy atom. The molecule has 0 aromatic carbocycles. The van der Waals surface area contributed by atoms with Crippen LogP contribution < -0.4 is 0 Å². The second kappa shape index (κ2) is 8.78. The second-order valence-electron chi connectivity index (χ2n) is 12.8.